The van der Waals surface area contributed by atoms with Crippen LogP contribution in [0.5, 0.6) is 0 Å². The summed E-state index contributed by atoms with van der Waals surface area (Å²) in [5, 5.41) is 7.76. The molecule has 3 rings (SSSR count). The van der Waals surface area contributed by atoms with Crippen molar-refractivity contribution >= 4 is 28.3 Å². The first-order chi connectivity index (χ1) is 13.5. The van der Waals surface area contributed by atoms with Crippen molar-refractivity contribution in [2.75, 3.05) is 11.9 Å². The Morgan fingerprint density at radius 1 is 1.32 bits per heavy atom. The maximum Gasteiger partial charge on any atom is 0.356 e. The van der Waals surface area contributed by atoms with Gasteiger partial charge >= 0.3 is 5.97 Å². The predicted molar refractivity (Wildman–Crippen MR) is 109 cm³/mol. The van der Waals surface area contributed by atoms with Gasteiger partial charge in [0.25, 0.3) is 5.91 Å². The molecule has 1 aromatic carbocycles. The number of thiazole rings is 1. The fraction of sp³-hybridized carbons (Fsp3) is 0.200. The molecule has 144 valence electrons. The third-order valence-corrected chi connectivity index (χ3v) is 4.95. The predicted octanol–water partition coefficient (Wildman–Crippen LogP) is 3.93. The fourth-order valence-electron chi connectivity index (χ4n) is 2.60. The molecule has 1 amide bonds. The maximum atomic E-state index is 12.3. The number of esters is 1. The number of anilines is 1. The largest absolute Gasteiger partial charge is 0.461 e. The topological polar surface area (TPSA) is 86.1 Å². The zero-order valence-electron chi connectivity index (χ0n) is 15.6. The van der Waals surface area contributed by atoms with Crippen molar-refractivity contribution in [3.05, 3.63) is 66.0 Å². The Labute approximate surface area is 166 Å². The monoisotopic (exact) mass is 396 g/mol. The second kappa shape index (κ2) is 8.62. The lowest BCUT2D eigenvalue weighted by Gasteiger charge is -2.03. The summed E-state index contributed by atoms with van der Waals surface area (Å²) < 4.78 is 6.64. The average molecular weight is 396 g/mol. The van der Waals surface area contributed by atoms with Crippen LogP contribution in [0.4, 0.5) is 5.13 Å². The lowest BCUT2D eigenvalue weighted by molar-refractivity contribution is 0.0512. The minimum absolute atomic E-state index is 0.231. The molecule has 0 saturated carbocycles. The molecule has 0 saturated heterocycles. The van der Waals surface area contributed by atoms with E-state index in [1.807, 2.05) is 13.0 Å². The van der Waals surface area contributed by atoms with Crippen LogP contribution < -0.4 is 5.32 Å². The highest BCUT2D eigenvalue weighted by Crippen LogP contribution is 2.32. The number of benzene rings is 1. The Morgan fingerprint density at radius 3 is 2.75 bits per heavy atom. The van der Waals surface area contributed by atoms with E-state index >= 15 is 0 Å². The molecule has 3 aromatic rings. The summed E-state index contributed by atoms with van der Waals surface area (Å²) in [6, 6.07) is 10.6. The number of aromatic nitrogens is 3. The SMILES string of the molecule is C=CCn1nc(-c2sc(NC(=O)c3ccccc3)nc2C)cc1C(=O)OCC. The summed E-state index contributed by atoms with van der Waals surface area (Å²) in [5.41, 5.74) is 2.21. The third kappa shape index (κ3) is 4.17. The number of aryl methyl sites for hydroxylation is 1. The molecule has 0 radical (unpaired) electrons. The van der Waals surface area contributed by atoms with Crippen LogP contribution in [0.1, 0.15) is 33.5 Å². The number of carbonyl (C=O) groups is 2. The van der Waals surface area contributed by atoms with Crippen LogP contribution in [0.25, 0.3) is 10.6 Å². The number of amides is 1. The van der Waals surface area contributed by atoms with E-state index in [1.165, 1.54) is 11.3 Å². The van der Waals surface area contributed by atoms with Gasteiger partial charge in [-0.1, -0.05) is 35.6 Å². The quantitative estimate of drug-likeness (QED) is 0.483. The van der Waals surface area contributed by atoms with Crippen molar-refractivity contribution in [1.29, 1.82) is 0 Å². The first-order valence-electron chi connectivity index (χ1n) is 8.73. The van der Waals surface area contributed by atoms with E-state index in [0.717, 1.165) is 4.88 Å². The molecule has 7 nitrogen and oxygen atoms in total. The molecule has 0 fully saturated rings. The molecule has 0 spiro atoms. The van der Waals surface area contributed by atoms with Gasteiger partial charge < -0.3 is 4.74 Å². The number of allylic oxidation sites excluding steroid dienone is 1. The Kier molecular flexibility index (Phi) is 6.00. The normalized spacial score (nSPS) is 10.5. The molecule has 0 unspecified atom stereocenters. The van der Waals surface area contributed by atoms with Gasteiger partial charge in [-0.05, 0) is 32.0 Å². The Morgan fingerprint density at radius 2 is 2.07 bits per heavy atom. The van der Waals surface area contributed by atoms with E-state index in [2.05, 4.69) is 22.0 Å². The van der Waals surface area contributed by atoms with E-state index in [-0.39, 0.29) is 12.5 Å². The Balaban J connectivity index is 1.88. The van der Waals surface area contributed by atoms with Crippen LogP contribution in [0.3, 0.4) is 0 Å². The summed E-state index contributed by atoms with van der Waals surface area (Å²) in [6.45, 7) is 7.94. The third-order valence-electron chi connectivity index (χ3n) is 3.85. The number of nitrogens with zero attached hydrogens (tertiary/aromatic N) is 3. The number of ether oxygens (including phenoxy) is 1. The fourth-order valence-corrected chi connectivity index (χ4v) is 3.52. The highest BCUT2D eigenvalue weighted by Gasteiger charge is 2.20. The minimum atomic E-state index is -0.442. The molecule has 0 atom stereocenters. The summed E-state index contributed by atoms with van der Waals surface area (Å²) in [4.78, 5) is 29.7. The number of hydrogen-bond acceptors (Lipinski definition) is 6. The summed E-state index contributed by atoms with van der Waals surface area (Å²) in [7, 11) is 0. The average Bonchev–Trinajstić information content (AvgIpc) is 3.26. The molecule has 0 aliphatic carbocycles. The van der Waals surface area contributed by atoms with Crippen LogP contribution in [0.2, 0.25) is 0 Å². The van der Waals surface area contributed by atoms with Gasteiger partial charge in [-0.25, -0.2) is 9.78 Å². The van der Waals surface area contributed by atoms with Gasteiger partial charge in [-0.2, -0.15) is 5.10 Å². The van der Waals surface area contributed by atoms with Crippen molar-refractivity contribution in [3.63, 3.8) is 0 Å². The first kappa shape index (κ1) is 19.5. The molecule has 2 aromatic heterocycles. The first-order valence-corrected chi connectivity index (χ1v) is 9.55. The smallest absolute Gasteiger partial charge is 0.356 e. The number of rotatable bonds is 7. The molecular formula is C20H20N4O3S. The van der Waals surface area contributed by atoms with Crippen LogP contribution in [-0.2, 0) is 11.3 Å². The van der Waals surface area contributed by atoms with Gasteiger partial charge in [0.2, 0.25) is 0 Å². The van der Waals surface area contributed by atoms with Gasteiger partial charge in [-0.15, -0.1) is 6.58 Å². The highest BCUT2D eigenvalue weighted by atomic mass is 32.1. The summed E-state index contributed by atoms with van der Waals surface area (Å²) >= 11 is 1.30. The van der Waals surface area contributed by atoms with Gasteiger partial charge in [0.1, 0.15) is 11.4 Å². The van der Waals surface area contributed by atoms with Gasteiger partial charge in [-0.3, -0.25) is 14.8 Å². The minimum Gasteiger partial charge on any atom is -0.461 e. The highest BCUT2D eigenvalue weighted by molar-refractivity contribution is 7.19. The molecule has 2 heterocycles. The van der Waals surface area contributed by atoms with Crippen molar-refractivity contribution in [3.8, 4) is 10.6 Å². The molecular weight excluding hydrogens is 376 g/mol. The molecule has 28 heavy (non-hydrogen) atoms. The molecule has 0 aliphatic rings. The van der Waals surface area contributed by atoms with E-state index in [1.54, 1.807) is 48.0 Å². The Hall–Kier alpha value is -3.26. The summed E-state index contributed by atoms with van der Waals surface area (Å²) in [6.07, 6.45) is 1.66. The van der Waals surface area contributed by atoms with Crippen molar-refractivity contribution in [1.82, 2.24) is 14.8 Å². The molecule has 0 aliphatic heterocycles. The van der Waals surface area contributed by atoms with Gasteiger partial charge in [0.15, 0.2) is 5.13 Å². The molecule has 1 N–H and O–H groups in total. The van der Waals surface area contributed by atoms with Crippen molar-refractivity contribution in [2.24, 2.45) is 0 Å². The standard InChI is InChI=1S/C20H20N4O3S/c1-4-11-24-16(19(26)27-5-2)12-15(23-24)17-13(3)21-20(28-17)22-18(25)14-9-7-6-8-10-14/h4,6-10,12H,1,5,11H2,2-3H3,(H,21,22,25). The lowest BCUT2D eigenvalue weighted by atomic mass is 10.2. The van der Waals surface area contributed by atoms with Gasteiger partial charge in [0.05, 0.1) is 23.7 Å². The van der Waals surface area contributed by atoms with Crippen molar-refractivity contribution in [2.45, 2.75) is 20.4 Å². The zero-order chi connectivity index (χ0) is 20.1. The van der Waals surface area contributed by atoms with E-state index in [4.69, 9.17) is 4.74 Å². The zero-order valence-corrected chi connectivity index (χ0v) is 16.5. The summed E-state index contributed by atoms with van der Waals surface area (Å²) in [5.74, 6) is -0.673. The second-order valence-corrected chi connectivity index (χ2v) is 6.86. The maximum absolute atomic E-state index is 12.3. The van der Waals surface area contributed by atoms with Crippen LogP contribution >= 0.6 is 11.3 Å². The second-order valence-electron chi connectivity index (χ2n) is 5.86. The lowest BCUT2D eigenvalue weighted by Crippen LogP contribution is -2.12. The Bertz CT molecular complexity index is 1010. The number of nitrogens with one attached hydrogen (secondary N) is 1. The van der Waals surface area contributed by atoms with Gasteiger partial charge in [0, 0.05) is 5.56 Å². The van der Waals surface area contributed by atoms with Crippen LogP contribution in [0.15, 0.2) is 49.1 Å². The number of carbonyl (C=O) groups excluding carboxylic acids is 2. The van der Waals surface area contributed by atoms with E-state index in [9.17, 15) is 9.59 Å². The van der Waals surface area contributed by atoms with E-state index in [0.29, 0.717) is 34.3 Å². The number of hydrogen-bond donors (Lipinski definition) is 1. The molecule has 0 bridgehead atoms. The van der Waals surface area contributed by atoms with Crippen LogP contribution in [-0.4, -0.2) is 33.2 Å². The van der Waals surface area contributed by atoms with Crippen LogP contribution in [0, 0.1) is 6.92 Å². The van der Waals surface area contributed by atoms with E-state index < -0.39 is 5.97 Å². The molecule has 8 heteroatoms. The van der Waals surface area contributed by atoms with Crippen molar-refractivity contribution < 1.29 is 14.3 Å².